The second-order valence-corrected chi connectivity index (χ2v) is 6.85. The van der Waals surface area contributed by atoms with Gasteiger partial charge in [0.25, 0.3) is 0 Å². The third-order valence-electron chi connectivity index (χ3n) is 4.88. The molecule has 0 saturated carbocycles. The Hall–Kier alpha value is -1.92. The van der Waals surface area contributed by atoms with Crippen LogP contribution in [-0.4, -0.2) is 41.2 Å². The van der Waals surface area contributed by atoms with E-state index in [1.807, 2.05) is 19.1 Å². The summed E-state index contributed by atoms with van der Waals surface area (Å²) < 4.78 is 25.5. The lowest BCUT2D eigenvalue weighted by Gasteiger charge is -2.23. The Morgan fingerprint density at radius 3 is 3.12 bits per heavy atom. The Kier molecular flexibility index (Phi) is 4.02. The maximum absolute atomic E-state index is 13.7. The zero-order valence-electron chi connectivity index (χ0n) is 13.8. The Labute approximate surface area is 140 Å². The average Bonchev–Trinajstić information content (AvgIpc) is 3.25. The summed E-state index contributed by atoms with van der Waals surface area (Å²) in [6, 6.07) is 7.14. The molecule has 4 rings (SSSR count). The molecule has 2 aliphatic rings. The first-order chi connectivity index (χ1) is 11.6. The summed E-state index contributed by atoms with van der Waals surface area (Å²) in [6.45, 7) is 5.23. The minimum Gasteiger partial charge on any atom is -0.465 e. The fourth-order valence-corrected chi connectivity index (χ4v) is 3.76. The molecule has 128 valence electrons. The molecule has 1 spiro atoms. The summed E-state index contributed by atoms with van der Waals surface area (Å²) in [5, 5.41) is 3.18. The number of furan rings is 1. The first kappa shape index (κ1) is 15.6. The molecule has 0 aromatic carbocycles. The smallest absolute Gasteiger partial charge is 0.165 e. The molecule has 0 radical (unpaired) electrons. The molecule has 2 aromatic rings. The van der Waals surface area contributed by atoms with Crippen LogP contribution in [0.3, 0.4) is 0 Å². The summed E-state index contributed by atoms with van der Waals surface area (Å²) >= 11 is 0. The SMILES string of the molecule is Cc1ccc(CN2CC[C@@]3(C[C@H](Nc4ncccc4F)CO3)C2)o1. The minimum atomic E-state index is -0.320. The highest BCUT2D eigenvalue weighted by atomic mass is 19.1. The van der Waals surface area contributed by atoms with E-state index in [0.29, 0.717) is 12.4 Å². The van der Waals surface area contributed by atoms with E-state index >= 15 is 0 Å². The zero-order chi connectivity index (χ0) is 16.6. The minimum absolute atomic E-state index is 0.0974. The second kappa shape index (κ2) is 6.18. The Morgan fingerprint density at radius 2 is 2.33 bits per heavy atom. The number of hydrogen-bond donors (Lipinski definition) is 1. The van der Waals surface area contributed by atoms with E-state index < -0.39 is 0 Å². The number of aryl methyl sites for hydroxylation is 1. The van der Waals surface area contributed by atoms with Crippen molar-refractivity contribution >= 4 is 5.82 Å². The Bertz CT molecular complexity index is 720. The summed E-state index contributed by atoms with van der Waals surface area (Å²) in [5.41, 5.74) is -0.134. The number of ether oxygens (including phenoxy) is 1. The number of pyridine rings is 1. The maximum atomic E-state index is 13.7. The molecule has 2 fully saturated rings. The first-order valence-electron chi connectivity index (χ1n) is 8.41. The number of anilines is 1. The highest BCUT2D eigenvalue weighted by molar-refractivity contribution is 5.37. The molecule has 5 nitrogen and oxygen atoms in total. The van der Waals surface area contributed by atoms with E-state index in [9.17, 15) is 4.39 Å². The largest absolute Gasteiger partial charge is 0.465 e. The maximum Gasteiger partial charge on any atom is 0.165 e. The molecule has 24 heavy (non-hydrogen) atoms. The van der Waals surface area contributed by atoms with Crippen LogP contribution in [0.2, 0.25) is 0 Å². The summed E-state index contributed by atoms with van der Waals surface area (Å²) in [6.07, 6.45) is 3.46. The van der Waals surface area contributed by atoms with Crippen molar-refractivity contribution in [2.24, 2.45) is 0 Å². The standard InChI is InChI=1S/C18H22FN3O2/c1-13-4-5-15(24-13)10-22-8-6-18(12-22)9-14(11-23-18)21-17-16(19)3-2-7-20-17/h2-5,7,14H,6,8-12H2,1H3,(H,20,21)/t14-,18+/m0/s1. The topological polar surface area (TPSA) is 50.5 Å². The third-order valence-corrected chi connectivity index (χ3v) is 4.88. The molecular weight excluding hydrogens is 309 g/mol. The van der Waals surface area contributed by atoms with Gasteiger partial charge in [0.15, 0.2) is 11.6 Å². The molecule has 0 aliphatic carbocycles. The van der Waals surface area contributed by atoms with Crippen molar-refractivity contribution < 1.29 is 13.5 Å². The van der Waals surface area contributed by atoms with Gasteiger partial charge in [-0.2, -0.15) is 0 Å². The molecule has 0 bridgehead atoms. The van der Waals surface area contributed by atoms with E-state index in [4.69, 9.17) is 9.15 Å². The quantitative estimate of drug-likeness (QED) is 0.933. The van der Waals surface area contributed by atoms with Crippen LogP contribution in [0.15, 0.2) is 34.9 Å². The lowest BCUT2D eigenvalue weighted by molar-refractivity contribution is 0.0115. The van der Waals surface area contributed by atoms with Crippen LogP contribution in [0.25, 0.3) is 0 Å². The molecule has 2 saturated heterocycles. The number of likely N-dealkylation sites (tertiary alicyclic amines) is 1. The molecule has 2 aliphatic heterocycles. The van der Waals surface area contributed by atoms with Gasteiger partial charge in [0, 0.05) is 25.7 Å². The van der Waals surface area contributed by atoms with Crippen molar-refractivity contribution in [3.8, 4) is 0 Å². The molecule has 0 unspecified atom stereocenters. The summed E-state index contributed by atoms with van der Waals surface area (Å²) in [7, 11) is 0. The fraction of sp³-hybridized carbons (Fsp3) is 0.500. The fourth-order valence-electron chi connectivity index (χ4n) is 3.76. The Balaban J connectivity index is 1.35. The van der Waals surface area contributed by atoms with Gasteiger partial charge < -0.3 is 14.5 Å². The predicted molar refractivity (Wildman–Crippen MR) is 88.2 cm³/mol. The van der Waals surface area contributed by atoms with Gasteiger partial charge in [-0.25, -0.2) is 9.37 Å². The van der Waals surface area contributed by atoms with Crippen molar-refractivity contribution in [2.75, 3.05) is 25.0 Å². The van der Waals surface area contributed by atoms with Gasteiger partial charge in [-0.05, 0) is 37.6 Å². The monoisotopic (exact) mass is 331 g/mol. The number of nitrogens with one attached hydrogen (secondary N) is 1. The van der Waals surface area contributed by atoms with Crippen molar-refractivity contribution in [3.63, 3.8) is 0 Å². The zero-order valence-corrected chi connectivity index (χ0v) is 13.8. The van der Waals surface area contributed by atoms with Crippen LogP contribution in [0.1, 0.15) is 24.4 Å². The van der Waals surface area contributed by atoms with Crippen LogP contribution in [0.4, 0.5) is 10.2 Å². The van der Waals surface area contributed by atoms with Gasteiger partial charge in [0.1, 0.15) is 11.5 Å². The molecule has 1 N–H and O–H groups in total. The number of nitrogens with zero attached hydrogens (tertiary/aromatic N) is 2. The van der Waals surface area contributed by atoms with Gasteiger partial charge in [0.2, 0.25) is 0 Å². The van der Waals surface area contributed by atoms with E-state index in [1.165, 1.54) is 6.07 Å². The van der Waals surface area contributed by atoms with Crippen LogP contribution < -0.4 is 5.32 Å². The van der Waals surface area contributed by atoms with E-state index in [1.54, 1.807) is 12.3 Å². The van der Waals surface area contributed by atoms with E-state index in [2.05, 4.69) is 15.2 Å². The summed E-state index contributed by atoms with van der Waals surface area (Å²) in [4.78, 5) is 6.43. The van der Waals surface area contributed by atoms with Crippen LogP contribution in [-0.2, 0) is 11.3 Å². The highest BCUT2D eigenvalue weighted by Gasteiger charge is 2.45. The van der Waals surface area contributed by atoms with Crippen molar-refractivity contribution in [1.82, 2.24) is 9.88 Å². The van der Waals surface area contributed by atoms with E-state index in [0.717, 1.165) is 44.0 Å². The lowest BCUT2D eigenvalue weighted by atomic mass is 9.97. The number of aromatic nitrogens is 1. The molecular formula is C18H22FN3O2. The first-order valence-corrected chi connectivity index (χ1v) is 8.41. The van der Waals surface area contributed by atoms with E-state index in [-0.39, 0.29) is 17.5 Å². The average molecular weight is 331 g/mol. The molecule has 2 atom stereocenters. The van der Waals surface area contributed by atoms with Gasteiger partial charge >= 0.3 is 0 Å². The van der Waals surface area contributed by atoms with Gasteiger partial charge in [-0.1, -0.05) is 0 Å². The molecule has 6 heteroatoms. The normalized spacial score (nSPS) is 27.2. The lowest BCUT2D eigenvalue weighted by Crippen LogP contribution is -2.33. The molecule has 2 aromatic heterocycles. The predicted octanol–water partition coefficient (Wildman–Crippen LogP) is 2.97. The van der Waals surface area contributed by atoms with Crippen molar-refractivity contribution in [2.45, 2.75) is 38.0 Å². The number of rotatable bonds is 4. The number of halogens is 1. The second-order valence-electron chi connectivity index (χ2n) is 6.85. The van der Waals surface area contributed by atoms with Crippen molar-refractivity contribution in [3.05, 3.63) is 47.8 Å². The van der Waals surface area contributed by atoms with Gasteiger partial charge in [-0.15, -0.1) is 0 Å². The van der Waals surface area contributed by atoms with Gasteiger partial charge in [-0.3, -0.25) is 4.90 Å². The Morgan fingerprint density at radius 1 is 1.42 bits per heavy atom. The molecule has 0 amide bonds. The van der Waals surface area contributed by atoms with Crippen LogP contribution in [0, 0.1) is 12.7 Å². The van der Waals surface area contributed by atoms with Crippen molar-refractivity contribution in [1.29, 1.82) is 0 Å². The van der Waals surface area contributed by atoms with Crippen LogP contribution >= 0.6 is 0 Å². The van der Waals surface area contributed by atoms with Crippen LogP contribution in [0.5, 0.6) is 0 Å². The molecule has 4 heterocycles. The number of hydrogen-bond acceptors (Lipinski definition) is 5. The summed E-state index contributed by atoms with van der Waals surface area (Å²) in [5.74, 6) is 1.93. The third kappa shape index (κ3) is 3.16. The highest BCUT2D eigenvalue weighted by Crippen LogP contribution is 2.36. The van der Waals surface area contributed by atoms with Gasteiger partial charge in [0.05, 0.1) is 24.8 Å².